The molecule has 1 N–H and O–H groups in total. The van der Waals surface area contributed by atoms with E-state index in [1.54, 1.807) is 6.92 Å². The molecular weight excluding hydrogens is 497 g/mol. The number of nitriles is 1. The van der Waals surface area contributed by atoms with Crippen LogP contribution in [0.15, 0.2) is 23.4 Å². The van der Waals surface area contributed by atoms with Crippen LogP contribution in [0.5, 0.6) is 5.75 Å². The molecule has 178 valence electrons. The maximum atomic E-state index is 13.3. The number of benzene rings is 1. The minimum atomic E-state index is -0.491. The van der Waals surface area contributed by atoms with Gasteiger partial charge in [0.25, 0.3) is 0 Å². The molecule has 0 bridgehead atoms. The average molecular weight is 520 g/mol. The van der Waals surface area contributed by atoms with Gasteiger partial charge in [-0.1, -0.05) is 23.4 Å². The number of halogens is 2. The standard InChI is InChI=1S/C23H23ClFN5O2S2/c1-3-30-21(13(2)32-18-9-8-14(25)10-17(18)24)28-29-23(30)33-12-20(31)27-22-16(11-26)15-6-4-5-7-19(15)34-22/h8-10,13H,3-7,12H2,1-2H3,(H,27,31). The summed E-state index contributed by atoms with van der Waals surface area (Å²) in [7, 11) is 0. The van der Waals surface area contributed by atoms with Gasteiger partial charge in [0, 0.05) is 11.4 Å². The van der Waals surface area contributed by atoms with E-state index in [9.17, 15) is 14.4 Å². The van der Waals surface area contributed by atoms with Crippen molar-refractivity contribution in [2.24, 2.45) is 0 Å². The number of aryl methyl sites for hydroxylation is 1. The third-order valence-electron chi connectivity index (χ3n) is 5.49. The van der Waals surface area contributed by atoms with E-state index in [0.29, 0.717) is 33.8 Å². The highest BCUT2D eigenvalue weighted by Crippen LogP contribution is 2.38. The predicted octanol–water partition coefficient (Wildman–Crippen LogP) is 5.77. The first kappa shape index (κ1) is 24.5. The van der Waals surface area contributed by atoms with Crippen molar-refractivity contribution in [3.63, 3.8) is 0 Å². The van der Waals surface area contributed by atoms with Gasteiger partial charge < -0.3 is 14.6 Å². The van der Waals surface area contributed by atoms with Crippen LogP contribution in [0.25, 0.3) is 0 Å². The van der Waals surface area contributed by atoms with E-state index < -0.39 is 11.9 Å². The van der Waals surface area contributed by atoms with Crippen LogP contribution in [0.2, 0.25) is 5.02 Å². The van der Waals surface area contributed by atoms with Gasteiger partial charge >= 0.3 is 0 Å². The van der Waals surface area contributed by atoms with Crippen LogP contribution in [0.1, 0.15) is 54.6 Å². The molecular formula is C23H23ClFN5O2S2. The van der Waals surface area contributed by atoms with Crippen LogP contribution in [0.3, 0.4) is 0 Å². The lowest BCUT2D eigenvalue weighted by molar-refractivity contribution is -0.113. The fraction of sp³-hybridized carbons (Fsp3) is 0.391. The van der Waals surface area contributed by atoms with Crippen molar-refractivity contribution in [3.8, 4) is 11.8 Å². The van der Waals surface area contributed by atoms with E-state index in [0.717, 1.165) is 31.2 Å². The van der Waals surface area contributed by atoms with E-state index in [4.69, 9.17) is 16.3 Å². The second-order valence-electron chi connectivity index (χ2n) is 7.78. The van der Waals surface area contributed by atoms with Crippen molar-refractivity contribution in [3.05, 3.63) is 50.9 Å². The van der Waals surface area contributed by atoms with Gasteiger partial charge in [-0.05, 0) is 63.3 Å². The van der Waals surface area contributed by atoms with Gasteiger partial charge in [0.15, 0.2) is 17.1 Å². The Balaban J connectivity index is 1.41. The van der Waals surface area contributed by atoms with E-state index in [1.807, 2.05) is 11.5 Å². The number of carbonyl (C=O) groups excluding carboxylic acids is 1. The first-order valence-corrected chi connectivity index (χ1v) is 13.1. The third-order valence-corrected chi connectivity index (χ3v) is 7.96. The quantitative estimate of drug-likeness (QED) is 0.379. The number of rotatable bonds is 8. The van der Waals surface area contributed by atoms with Crippen molar-refractivity contribution in [2.75, 3.05) is 11.1 Å². The Bertz CT molecular complexity index is 1250. The van der Waals surface area contributed by atoms with Gasteiger partial charge in [-0.2, -0.15) is 5.26 Å². The molecule has 0 spiro atoms. The highest BCUT2D eigenvalue weighted by atomic mass is 35.5. The predicted molar refractivity (Wildman–Crippen MR) is 131 cm³/mol. The van der Waals surface area contributed by atoms with Crippen LogP contribution in [-0.4, -0.2) is 26.4 Å². The fourth-order valence-corrected chi connectivity index (χ4v) is 6.16. The van der Waals surface area contributed by atoms with E-state index in [2.05, 4.69) is 21.6 Å². The Hall–Kier alpha value is -2.61. The number of ether oxygens (including phenoxy) is 1. The van der Waals surface area contributed by atoms with Gasteiger partial charge in [-0.3, -0.25) is 4.79 Å². The first-order chi connectivity index (χ1) is 16.4. The minimum Gasteiger partial charge on any atom is -0.481 e. The van der Waals surface area contributed by atoms with E-state index >= 15 is 0 Å². The average Bonchev–Trinajstić information content (AvgIpc) is 3.39. The van der Waals surface area contributed by atoms with Crippen molar-refractivity contribution >= 4 is 45.6 Å². The molecule has 0 saturated heterocycles. The highest BCUT2D eigenvalue weighted by Gasteiger charge is 2.23. The molecule has 1 unspecified atom stereocenters. The topological polar surface area (TPSA) is 92.8 Å². The summed E-state index contributed by atoms with van der Waals surface area (Å²) in [6, 6.07) is 6.20. The zero-order valence-corrected chi connectivity index (χ0v) is 21.1. The number of nitrogens with one attached hydrogen (secondary N) is 1. The Kier molecular flexibility index (Phi) is 7.76. The summed E-state index contributed by atoms with van der Waals surface area (Å²) in [5.74, 6) is 0.410. The molecule has 0 aliphatic heterocycles. The highest BCUT2D eigenvalue weighted by molar-refractivity contribution is 7.99. The Morgan fingerprint density at radius 2 is 2.21 bits per heavy atom. The van der Waals surface area contributed by atoms with Crippen LogP contribution in [0, 0.1) is 17.1 Å². The molecule has 4 rings (SSSR count). The number of carbonyl (C=O) groups is 1. The smallest absolute Gasteiger partial charge is 0.235 e. The zero-order chi connectivity index (χ0) is 24.2. The number of fused-ring (bicyclic) bond motifs is 1. The van der Waals surface area contributed by atoms with E-state index in [1.165, 1.54) is 46.2 Å². The Morgan fingerprint density at radius 1 is 1.41 bits per heavy atom. The molecule has 7 nitrogen and oxygen atoms in total. The molecule has 34 heavy (non-hydrogen) atoms. The van der Waals surface area contributed by atoms with Gasteiger partial charge in [-0.25, -0.2) is 4.39 Å². The van der Waals surface area contributed by atoms with Crippen molar-refractivity contribution < 1.29 is 13.9 Å². The van der Waals surface area contributed by atoms with Crippen molar-refractivity contribution in [2.45, 2.75) is 57.3 Å². The molecule has 0 saturated carbocycles. The summed E-state index contributed by atoms with van der Waals surface area (Å²) in [5, 5.41) is 22.3. The number of amides is 1. The molecule has 0 fully saturated rings. The fourth-order valence-electron chi connectivity index (χ4n) is 3.88. The molecule has 1 aliphatic carbocycles. The van der Waals surface area contributed by atoms with Gasteiger partial charge in [0.1, 0.15) is 22.6 Å². The molecule has 1 atom stereocenters. The van der Waals surface area contributed by atoms with E-state index in [-0.39, 0.29) is 16.7 Å². The number of thiophene rings is 1. The first-order valence-electron chi connectivity index (χ1n) is 10.9. The van der Waals surface area contributed by atoms with Crippen molar-refractivity contribution in [1.82, 2.24) is 14.8 Å². The second-order valence-corrected chi connectivity index (χ2v) is 10.2. The number of nitrogens with zero attached hydrogens (tertiary/aromatic N) is 4. The lowest BCUT2D eigenvalue weighted by Gasteiger charge is -2.16. The van der Waals surface area contributed by atoms with Crippen LogP contribution >= 0.6 is 34.7 Å². The Morgan fingerprint density at radius 3 is 2.94 bits per heavy atom. The molecule has 1 aliphatic rings. The summed E-state index contributed by atoms with van der Waals surface area (Å²) < 4.78 is 21.0. The molecule has 2 heterocycles. The molecule has 3 aromatic rings. The SMILES string of the molecule is CCn1c(SCC(=O)Nc2sc3c(c2C#N)CCCC3)nnc1C(C)Oc1ccc(F)cc1Cl. The minimum absolute atomic E-state index is 0.130. The zero-order valence-electron chi connectivity index (χ0n) is 18.7. The van der Waals surface area contributed by atoms with Gasteiger partial charge in [-0.15, -0.1) is 21.5 Å². The summed E-state index contributed by atoms with van der Waals surface area (Å²) in [5.41, 5.74) is 1.69. The molecule has 2 aromatic heterocycles. The maximum absolute atomic E-state index is 13.3. The number of hydrogen-bond donors (Lipinski definition) is 1. The summed E-state index contributed by atoms with van der Waals surface area (Å²) in [4.78, 5) is 13.9. The molecule has 1 amide bonds. The lowest BCUT2D eigenvalue weighted by Crippen LogP contribution is -2.15. The monoisotopic (exact) mass is 519 g/mol. The number of aromatic nitrogens is 3. The van der Waals surface area contributed by atoms with Gasteiger partial charge in [0.05, 0.1) is 16.3 Å². The number of anilines is 1. The Labute approximate surface area is 210 Å². The second kappa shape index (κ2) is 10.8. The number of hydrogen-bond acceptors (Lipinski definition) is 7. The number of thioether (sulfide) groups is 1. The summed E-state index contributed by atoms with van der Waals surface area (Å²) in [6.45, 7) is 4.33. The third kappa shape index (κ3) is 5.22. The molecule has 1 aromatic carbocycles. The summed E-state index contributed by atoms with van der Waals surface area (Å²) >= 11 is 8.84. The molecule has 0 radical (unpaired) electrons. The molecule has 11 heteroatoms. The largest absolute Gasteiger partial charge is 0.481 e. The normalized spacial score (nSPS) is 13.7. The maximum Gasteiger partial charge on any atom is 0.235 e. The van der Waals surface area contributed by atoms with Crippen LogP contribution < -0.4 is 10.1 Å². The van der Waals surface area contributed by atoms with Crippen LogP contribution in [0.4, 0.5) is 9.39 Å². The summed E-state index contributed by atoms with van der Waals surface area (Å²) in [6.07, 6.45) is 3.56. The van der Waals surface area contributed by atoms with Gasteiger partial charge in [0.2, 0.25) is 5.91 Å². The van der Waals surface area contributed by atoms with Crippen LogP contribution in [-0.2, 0) is 24.2 Å². The van der Waals surface area contributed by atoms with Crippen molar-refractivity contribution in [1.29, 1.82) is 5.26 Å². The lowest BCUT2D eigenvalue weighted by atomic mass is 9.96.